The van der Waals surface area contributed by atoms with Crippen LogP contribution in [0.2, 0.25) is 0 Å². The number of aryl methyl sites for hydroxylation is 3. The Labute approximate surface area is 161 Å². The fraction of sp³-hybridized carbons (Fsp3) is 0.579. The van der Waals surface area contributed by atoms with Gasteiger partial charge >= 0.3 is 0 Å². The Morgan fingerprint density at radius 3 is 2.70 bits per heavy atom. The average Bonchev–Trinajstić information content (AvgIpc) is 3.06. The Balaban J connectivity index is 1.45. The van der Waals surface area contributed by atoms with E-state index in [2.05, 4.69) is 4.98 Å². The number of hydrogen-bond donors (Lipinski definition) is 1. The van der Waals surface area contributed by atoms with E-state index in [1.54, 1.807) is 27.1 Å². The lowest BCUT2D eigenvalue weighted by atomic mass is 9.96. The molecule has 0 saturated carbocycles. The monoisotopic (exact) mass is 388 g/mol. The van der Waals surface area contributed by atoms with E-state index in [0.29, 0.717) is 32.5 Å². The Hall–Kier alpha value is -2.22. The van der Waals surface area contributed by atoms with Gasteiger partial charge in [-0.05, 0) is 44.1 Å². The molecular formula is C19H24N4O3S. The summed E-state index contributed by atoms with van der Waals surface area (Å²) in [5.41, 5.74) is 6.48. The highest BCUT2D eigenvalue weighted by Gasteiger charge is 2.26. The first-order valence-corrected chi connectivity index (χ1v) is 10.4. The Morgan fingerprint density at radius 2 is 1.96 bits per heavy atom. The minimum absolute atomic E-state index is 0.0114. The number of nitrogens with two attached hydrogens (primary N) is 1. The summed E-state index contributed by atoms with van der Waals surface area (Å²) in [5, 5.41) is 0.756. The second-order valence-electron chi connectivity index (χ2n) is 7.44. The molecular weight excluding hydrogens is 364 g/mol. The van der Waals surface area contributed by atoms with Crippen LogP contribution in [0.5, 0.6) is 0 Å². The Kier molecular flexibility index (Phi) is 4.99. The fourth-order valence-electron chi connectivity index (χ4n) is 4.13. The molecule has 3 heterocycles. The molecule has 1 fully saturated rings. The molecule has 7 nitrogen and oxygen atoms in total. The molecule has 8 heteroatoms. The maximum Gasteiger partial charge on any atom is 0.262 e. The molecule has 4 rings (SSSR count). The van der Waals surface area contributed by atoms with Crippen LogP contribution in [0, 0.1) is 5.92 Å². The summed E-state index contributed by atoms with van der Waals surface area (Å²) >= 11 is 1.63. The lowest BCUT2D eigenvalue weighted by Gasteiger charge is -2.30. The smallest absolute Gasteiger partial charge is 0.262 e. The number of piperidine rings is 1. The number of carbonyl (C=O) groups is 2. The zero-order valence-corrected chi connectivity index (χ0v) is 16.1. The van der Waals surface area contributed by atoms with Gasteiger partial charge in [0.1, 0.15) is 4.83 Å². The first-order chi connectivity index (χ1) is 13.0. The highest BCUT2D eigenvalue weighted by Crippen LogP contribution is 2.33. The van der Waals surface area contributed by atoms with Gasteiger partial charge in [0.25, 0.3) is 5.56 Å². The molecule has 0 spiro atoms. The number of rotatable bonds is 4. The lowest BCUT2D eigenvalue weighted by molar-refractivity contribution is -0.135. The Bertz CT molecular complexity index is 940. The SMILES string of the molecule is NC(=O)C1CCN(C(=O)CCn2cnc3sc4c(c3c2=O)CCCC4)CC1. The van der Waals surface area contributed by atoms with Crippen LogP contribution < -0.4 is 11.3 Å². The molecule has 1 aliphatic carbocycles. The average molecular weight is 388 g/mol. The minimum Gasteiger partial charge on any atom is -0.369 e. The van der Waals surface area contributed by atoms with Crippen molar-refractivity contribution in [2.24, 2.45) is 11.7 Å². The van der Waals surface area contributed by atoms with Crippen molar-refractivity contribution in [3.05, 3.63) is 27.1 Å². The summed E-state index contributed by atoms with van der Waals surface area (Å²) in [6.07, 6.45) is 7.35. The van der Waals surface area contributed by atoms with Gasteiger partial charge in [0.2, 0.25) is 11.8 Å². The molecule has 2 amide bonds. The molecule has 0 aromatic carbocycles. The third kappa shape index (κ3) is 3.50. The predicted molar refractivity (Wildman–Crippen MR) is 104 cm³/mol. The number of aromatic nitrogens is 2. The van der Waals surface area contributed by atoms with E-state index in [-0.39, 0.29) is 29.7 Å². The highest BCUT2D eigenvalue weighted by molar-refractivity contribution is 7.18. The van der Waals surface area contributed by atoms with E-state index in [1.165, 1.54) is 16.9 Å². The second-order valence-corrected chi connectivity index (χ2v) is 8.53. The van der Waals surface area contributed by atoms with Crippen LogP contribution in [-0.4, -0.2) is 39.4 Å². The number of likely N-dealkylation sites (tertiary alicyclic amines) is 1. The van der Waals surface area contributed by atoms with E-state index < -0.39 is 0 Å². The number of hydrogen-bond acceptors (Lipinski definition) is 5. The van der Waals surface area contributed by atoms with Gasteiger partial charge in [-0.2, -0.15) is 0 Å². The molecule has 144 valence electrons. The van der Waals surface area contributed by atoms with E-state index in [0.717, 1.165) is 29.5 Å². The van der Waals surface area contributed by atoms with Crippen molar-refractivity contribution < 1.29 is 9.59 Å². The van der Waals surface area contributed by atoms with Gasteiger partial charge in [0, 0.05) is 36.9 Å². The summed E-state index contributed by atoms with van der Waals surface area (Å²) in [4.78, 5) is 45.0. The van der Waals surface area contributed by atoms with Gasteiger partial charge in [0.05, 0.1) is 11.7 Å². The summed E-state index contributed by atoms with van der Waals surface area (Å²) in [6.45, 7) is 1.44. The number of carbonyl (C=O) groups excluding carboxylic acids is 2. The van der Waals surface area contributed by atoms with Crippen molar-refractivity contribution in [1.82, 2.24) is 14.5 Å². The van der Waals surface area contributed by atoms with E-state index in [9.17, 15) is 14.4 Å². The molecule has 0 unspecified atom stereocenters. The summed E-state index contributed by atoms with van der Waals surface area (Å²) < 4.78 is 1.57. The molecule has 27 heavy (non-hydrogen) atoms. The number of thiophene rings is 1. The quantitative estimate of drug-likeness (QED) is 0.857. The van der Waals surface area contributed by atoms with E-state index >= 15 is 0 Å². The zero-order chi connectivity index (χ0) is 19.0. The fourth-order valence-corrected chi connectivity index (χ4v) is 5.35. The van der Waals surface area contributed by atoms with Crippen LogP contribution in [0.25, 0.3) is 10.2 Å². The Morgan fingerprint density at radius 1 is 1.22 bits per heavy atom. The number of amides is 2. The highest BCUT2D eigenvalue weighted by atomic mass is 32.1. The molecule has 1 saturated heterocycles. The van der Waals surface area contributed by atoms with Gasteiger partial charge in [0.15, 0.2) is 0 Å². The van der Waals surface area contributed by atoms with Crippen LogP contribution in [0.15, 0.2) is 11.1 Å². The van der Waals surface area contributed by atoms with Gasteiger partial charge in [-0.3, -0.25) is 19.0 Å². The normalized spacial score (nSPS) is 17.9. The standard InChI is InChI=1S/C19H24N4O3S/c20-17(25)12-5-8-22(9-6-12)15(24)7-10-23-11-21-18-16(19(23)26)13-3-1-2-4-14(13)27-18/h11-12H,1-10H2,(H2,20,25). The largest absolute Gasteiger partial charge is 0.369 e. The van der Waals surface area contributed by atoms with E-state index in [4.69, 9.17) is 5.73 Å². The molecule has 1 aliphatic heterocycles. The molecule has 2 N–H and O–H groups in total. The second kappa shape index (κ2) is 7.42. The van der Waals surface area contributed by atoms with Crippen molar-refractivity contribution in [3.8, 4) is 0 Å². The summed E-state index contributed by atoms with van der Waals surface area (Å²) in [7, 11) is 0. The zero-order valence-electron chi connectivity index (χ0n) is 15.3. The third-order valence-electron chi connectivity index (χ3n) is 5.76. The molecule has 0 atom stereocenters. The number of nitrogens with zero attached hydrogens (tertiary/aromatic N) is 3. The van der Waals surface area contributed by atoms with Crippen LogP contribution in [-0.2, 0) is 29.0 Å². The van der Waals surface area contributed by atoms with Crippen LogP contribution in [0.3, 0.4) is 0 Å². The van der Waals surface area contributed by atoms with Crippen molar-refractivity contribution in [3.63, 3.8) is 0 Å². The van der Waals surface area contributed by atoms with Crippen molar-refractivity contribution in [2.75, 3.05) is 13.1 Å². The first kappa shape index (κ1) is 18.2. The van der Waals surface area contributed by atoms with Crippen molar-refractivity contribution in [2.45, 2.75) is 51.5 Å². The van der Waals surface area contributed by atoms with Gasteiger partial charge in [-0.1, -0.05) is 0 Å². The van der Waals surface area contributed by atoms with E-state index in [1.807, 2.05) is 0 Å². The molecule has 0 bridgehead atoms. The van der Waals surface area contributed by atoms with Gasteiger partial charge < -0.3 is 10.6 Å². The topological polar surface area (TPSA) is 98.3 Å². The third-order valence-corrected chi connectivity index (χ3v) is 6.96. The van der Waals surface area contributed by atoms with Crippen LogP contribution >= 0.6 is 11.3 Å². The molecule has 0 radical (unpaired) electrons. The lowest BCUT2D eigenvalue weighted by Crippen LogP contribution is -2.42. The maximum atomic E-state index is 12.9. The molecule has 2 aromatic heterocycles. The van der Waals surface area contributed by atoms with Gasteiger partial charge in [-0.15, -0.1) is 11.3 Å². The summed E-state index contributed by atoms with van der Waals surface area (Å²) in [5.74, 6) is -0.405. The maximum absolute atomic E-state index is 12.9. The van der Waals surface area contributed by atoms with Crippen LogP contribution in [0.4, 0.5) is 0 Å². The van der Waals surface area contributed by atoms with Crippen LogP contribution in [0.1, 0.15) is 42.5 Å². The minimum atomic E-state index is -0.285. The number of primary amides is 1. The summed E-state index contributed by atoms with van der Waals surface area (Å²) in [6, 6.07) is 0. The molecule has 2 aliphatic rings. The van der Waals surface area contributed by atoms with Crippen molar-refractivity contribution >= 4 is 33.4 Å². The first-order valence-electron chi connectivity index (χ1n) is 9.61. The predicted octanol–water partition coefficient (Wildman–Crippen LogP) is 1.45. The van der Waals surface area contributed by atoms with Gasteiger partial charge in [-0.25, -0.2) is 4.98 Å². The molecule has 2 aromatic rings. The number of fused-ring (bicyclic) bond motifs is 3. The van der Waals surface area contributed by atoms with Crippen molar-refractivity contribution in [1.29, 1.82) is 0 Å².